The molecule has 2 aromatic rings. The minimum Gasteiger partial charge on any atom is -0.369 e. The van der Waals surface area contributed by atoms with E-state index < -0.39 is 0 Å². The molecule has 15 heavy (non-hydrogen) atoms. The first-order valence-corrected chi connectivity index (χ1v) is 4.89. The number of rotatable bonds is 4. The maximum absolute atomic E-state index is 5.72. The Kier molecular flexibility index (Phi) is 2.66. The average molecular weight is 206 g/mol. The van der Waals surface area contributed by atoms with Gasteiger partial charge in [0.25, 0.3) is 0 Å². The molecule has 0 amide bonds. The van der Waals surface area contributed by atoms with Crippen LogP contribution in [-0.2, 0) is 13.1 Å². The molecule has 0 radical (unpaired) electrons. The van der Waals surface area contributed by atoms with Crippen LogP contribution < -0.4 is 5.73 Å². The number of hydrogen-bond acceptors (Lipinski definition) is 4. The van der Waals surface area contributed by atoms with Gasteiger partial charge >= 0.3 is 0 Å². The van der Waals surface area contributed by atoms with Gasteiger partial charge in [0.05, 0.1) is 11.9 Å². The highest BCUT2D eigenvalue weighted by molar-refractivity contribution is 5.20. The van der Waals surface area contributed by atoms with E-state index in [4.69, 9.17) is 5.73 Å². The van der Waals surface area contributed by atoms with Gasteiger partial charge in [-0.3, -0.25) is 4.68 Å². The summed E-state index contributed by atoms with van der Waals surface area (Å²) in [7, 11) is 0. The van der Waals surface area contributed by atoms with Crippen molar-refractivity contribution < 1.29 is 0 Å². The first-order chi connectivity index (χ1) is 7.25. The van der Waals surface area contributed by atoms with Crippen molar-refractivity contribution in [2.75, 3.05) is 5.73 Å². The number of nitrogens with two attached hydrogens (primary N) is 1. The van der Waals surface area contributed by atoms with Crippen LogP contribution in [0.4, 0.5) is 5.95 Å². The predicted molar refractivity (Wildman–Crippen MR) is 56.0 cm³/mol. The number of aryl methyl sites for hydroxylation is 3. The Morgan fingerprint density at radius 2 is 2.27 bits per heavy atom. The van der Waals surface area contributed by atoms with Gasteiger partial charge in [-0.2, -0.15) is 0 Å². The molecule has 0 saturated heterocycles. The molecule has 2 N–H and O–H groups in total. The molecule has 0 saturated carbocycles. The van der Waals surface area contributed by atoms with E-state index in [1.807, 2.05) is 23.9 Å². The largest absolute Gasteiger partial charge is 0.369 e. The van der Waals surface area contributed by atoms with Gasteiger partial charge in [0.1, 0.15) is 0 Å². The quantitative estimate of drug-likeness (QED) is 0.788. The Hall–Kier alpha value is -1.85. The monoisotopic (exact) mass is 206 g/mol. The molecule has 0 aliphatic rings. The average Bonchev–Trinajstić information content (AvgIpc) is 2.77. The van der Waals surface area contributed by atoms with Crippen molar-refractivity contribution in [3.8, 4) is 0 Å². The molecule has 0 fully saturated rings. The Labute approximate surface area is 87.7 Å². The molecule has 2 heterocycles. The van der Waals surface area contributed by atoms with Crippen molar-refractivity contribution >= 4 is 5.95 Å². The summed E-state index contributed by atoms with van der Waals surface area (Å²) in [5, 5.41) is 7.62. The zero-order valence-corrected chi connectivity index (χ0v) is 8.67. The Morgan fingerprint density at radius 1 is 1.40 bits per heavy atom. The van der Waals surface area contributed by atoms with E-state index in [-0.39, 0.29) is 0 Å². The lowest BCUT2D eigenvalue weighted by atomic mass is 10.4. The van der Waals surface area contributed by atoms with Crippen molar-refractivity contribution in [2.24, 2.45) is 0 Å². The highest BCUT2D eigenvalue weighted by Crippen LogP contribution is 2.05. The third-order valence-electron chi connectivity index (χ3n) is 2.19. The summed E-state index contributed by atoms with van der Waals surface area (Å²) in [5.41, 5.74) is 6.67. The van der Waals surface area contributed by atoms with E-state index in [2.05, 4.69) is 15.3 Å². The molecule has 0 bridgehead atoms. The molecule has 0 spiro atoms. The van der Waals surface area contributed by atoms with E-state index in [1.54, 1.807) is 10.9 Å². The molecule has 80 valence electrons. The van der Waals surface area contributed by atoms with E-state index in [9.17, 15) is 0 Å². The molecule has 6 heteroatoms. The highest BCUT2D eigenvalue weighted by atomic mass is 15.4. The van der Waals surface area contributed by atoms with Crippen molar-refractivity contribution in [1.29, 1.82) is 0 Å². The van der Waals surface area contributed by atoms with Gasteiger partial charge in [-0.25, -0.2) is 4.98 Å². The predicted octanol–water partition coefficient (Wildman–Crippen LogP) is 0.456. The van der Waals surface area contributed by atoms with Crippen LogP contribution in [0.5, 0.6) is 0 Å². The molecule has 0 atom stereocenters. The minimum absolute atomic E-state index is 0.575. The maximum atomic E-state index is 5.72. The van der Waals surface area contributed by atoms with E-state index in [1.165, 1.54) is 0 Å². The molecule has 6 nitrogen and oxygen atoms in total. The highest BCUT2D eigenvalue weighted by Gasteiger charge is 2.00. The molecular formula is C9H14N6. The van der Waals surface area contributed by atoms with E-state index >= 15 is 0 Å². The summed E-state index contributed by atoms with van der Waals surface area (Å²) >= 11 is 0. The maximum Gasteiger partial charge on any atom is 0.200 e. The number of aromatic nitrogens is 5. The van der Waals surface area contributed by atoms with Gasteiger partial charge in [0.15, 0.2) is 5.95 Å². The van der Waals surface area contributed by atoms with Crippen LogP contribution >= 0.6 is 0 Å². The minimum atomic E-state index is 0.575. The summed E-state index contributed by atoms with van der Waals surface area (Å²) in [6.07, 6.45) is 6.44. The second kappa shape index (κ2) is 4.12. The topological polar surface area (TPSA) is 74.5 Å². The Bertz CT molecular complexity index is 416. The van der Waals surface area contributed by atoms with Crippen molar-refractivity contribution in [3.05, 3.63) is 24.3 Å². The second-order valence-electron chi connectivity index (χ2n) is 3.45. The SMILES string of the molecule is Cc1cn(CCCn2ccnn2)c(N)n1. The van der Waals surface area contributed by atoms with Gasteiger partial charge in [0, 0.05) is 25.5 Å². The molecular weight excluding hydrogens is 192 g/mol. The zero-order chi connectivity index (χ0) is 10.7. The van der Waals surface area contributed by atoms with Crippen LogP contribution in [0.3, 0.4) is 0 Å². The smallest absolute Gasteiger partial charge is 0.200 e. The second-order valence-corrected chi connectivity index (χ2v) is 3.45. The summed E-state index contributed by atoms with van der Waals surface area (Å²) in [6, 6.07) is 0. The number of nitrogen functional groups attached to an aromatic ring is 1. The fraction of sp³-hybridized carbons (Fsp3) is 0.444. The molecule has 0 aliphatic carbocycles. The Morgan fingerprint density at radius 3 is 2.87 bits per heavy atom. The lowest BCUT2D eigenvalue weighted by molar-refractivity contribution is 0.517. The van der Waals surface area contributed by atoms with Crippen LogP contribution in [0.25, 0.3) is 0 Å². The molecule has 2 aromatic heterocycles. The van der Waals surface area contributed by atoms with Gasteiger partial charge in [-0.15, -0.1) is 5.10 Å². The molecule has 0 aromatic carbocycles. The fourth-order valence-corrected chi connectivity index (χ4v) is 1.50. The van der Waals surface area contributed by atoms with Crippen LogP contribution in [0.15, 0.2) is 18.6 Å². The van der Waals surface area contributed by atoms with Gasteiger partial charge < -0.3 is 10.3 Å². The molecule has 2 rings (SSSR count). The lowest BCUT2D eigenvalue weighted by Crippen LogP contribution is -2.06. The number of imidazole rings is 1. The fourth-order valence-electron chi connectivity index (χ4n) is 1.50. The van der Waals surface area contributed by atoms with Crippen LogP contribution in [0.2, 0.25) is 0 Å². The van der Waals surface area contributed by atoms with Crippen molar-refractivity contribution in [1.82, 2.24) is 24.5 Å². The van der Waals surface area contributed by atoms with Gasteiger partial charge in [-0.05, 0) is 13.3 Å². The van der Waals surface area contributed by atoms with E-state index in [0.717, 1.165) is 25.2 Å². The van der Waals surface area contributed by atoms with Crippen molar-refractivity contribution in [3.63, 3.8) is 0 Å². The summed E-state index contributed by atoms with van der Waals surface area (Å²) in [5.74, 6) is 0.575. The molecule has 0 aliphatic heterocycles. The van der Waals surface area contributed by atoms with Crippen LogP contribution in [-0.4, -0.2) is 24.5 Å². The van der Waals surface area contributed by atoms with Crippen LogP contribution in [0, 0.1) is 6.92 Å². The first kappa shape index (κ1) is 9.70. The standard InChI is InChI=1S/C9H14N6/c1-8-7-14(9(10)12-8)4-2-5-15-6-3-11-13-15/h3,6-7H,2,4-5H2,1H3,(H2,10,12). The van der Waals surface area contributed by atoms with Gasteiger partial charge in [-0.1, -0.05) is 5.21 Å². The van der Waals surface area contributed by atoms with Crippen molar-refractivity contribution in [2.45, 2.75) is 26.4 Å². The lowest BCUT2D eigenvalue weighted by Gasteiger charge is -2.03. The van der Waals surface area contributed by atoms with Crippen LogP contribution in [0.1, 0.15) is 12.1 Å². The number of anilines is 1. The normalized spacial score (nSPS) is 10.7. The Balaban J connectivity index is 1.86. The van der Waals surface area contributed by atoms with E-state index in [0.29, 0.717) is 5.95 Å². The molecule has 0 unspecified atom stereocenters. The summed E-state index contributed by atoms with van der Waals surface area (Å²) < 4.78 is 3.76. The first-order valence-electron chi connectivity index (χ1n) is 4.89. The zero-order valence-electron chi connectivity index (χ0n) is 8.67. The summed E-state index contributed by atoms with van der Waals surface area (Å²) in [4.78, 5) is 4.13. The number of nitrogens with zero attached hydrogens (tertiary/aromatic N) is 5. The third-order valence-corrected chi connectivity index (χ3v) is 2.19. The number of hydrogen-bond donors (Lipinski definition) is 1. The van der Waals surface area contributed by atoms with Gasteiger partial charge in [0.2, 0.25) is 0 Å². The summed E-state index contributed by atoms with van der Waals surface area (Å²) in [6.45, 7) is 3.63. The third kappa shape index (κ3) is 2.34.